The normalized spacial score (nSPS) is 7.20. The molecule has 0 spiro atoms. The van der Waals surface area contributed by atoms with Gasteiger partial charge in [-0.2, -0.15) is 0 Å². The molecule has 10 heavy (non-hydrogen) atoms. The van der Waals surface area contributed by atoms with Gasteiger partial charge >= 0.3 is 0 Å². The molecular formula is C7H22ArN2. The van der Waals surface area contributed by atoms with Crippen LogP contribution in [0.5, 0.6) is 0 Å². The quantitative estimate of drug-likeness (QED) is 0.582. The Hall–Kier alpha value is 1.18. The Bertz CT molecular complexity index is 27.1. The first kappa shape index (κ1) is 22.5. The van der Waals surface area contributed by atoms with Crippen molar-refractivity contribution < 1.29 is 37.7 Å². The van der Waals surface area contributed by atoms with Crippen LogP contribution in [0.2, 0.25) is 0 Å². The van der Waals surface area contributed by atoms with Crippen LogP contribution in [0, 0.1) is 37.7 Å². The molecule has 0 aromatic rings. The molecule has 2 nitrogen and oxygen atoms in total. The molecule has 0 aromatic heterocycles. The minimum Gasteiger partial charge on any atom is -0.328 e. The summed E-state index contributed by atoms with van der Waals surface area (Å²) in [5.74, 6) is 0. The topological polar surface area (TPSA) is 52.0 Å². The van der Waals surface area contributed by atoms with Crippen LogP contribution >= 0.6 is 0 Å². The fraction of sp³-hybridized carbons (Fsp3) is 1.00. The van der Waals surface area contributed by atoms with Gasteiger partial charge in [-0.05, 0) is 12.1 Å². The summed E-state index contributed by atoms with van der Waals surface area (Å²) in [6, 6.07) is 0.667. The summed E-state index contributed by atoms with van der Waals surface area (Å²) in [6.07, 6.45) is 0. The van der Waals surface area contributed by atoms with Crippen LogP contribution in [0.1, 0.15) is 35.1 Å². The number of hydrogen-bond acceptors (Lipinski definition) is 2. The van der Waals surface area contributed by atoms with Crippen LogP contribution in [0.15, 0.2) is 0 Å². The number of hydrogen-bond donors (Lipinski definition) is 2. The maximum atomic E-state index is 5.11. The van der Waals surface area contributed by atoms with Crippen molar-refractivity contribution in [3.63, 3.8) is 0 Å². The van der Waals surface area contributed by atoms with Crippen LogP contribution in [0.4, 0.5) is 0 Å². The smallest absolute Gasteiger partial charge is 0 e. The Labute approximate surface area is 95.7 Å². The predicted molar refractivity (Wildman–Crippen MR) is 45.4 cm³/mol. The van der Waals surface area contributed by atoms with Gasteiger partial charge in [0.1, 0.15) is 0 Å². The van der Waals surface area contributed by atoms with Gasteiger partial charge in [-0.15, -0.1) is 0 Å². The first-order valence-corrected chi connectivity index (χ1v) is 2.98. The first-order valence-electron chi connectivity index (χ1n) is 2.98. The van der Waals surface area contributed by atoms with Gasteiger partial charge in [0.2, 0.25) is 0 Å². The van der Waals surface area contributed by atoms with Gasteiger partial charge in [-0.25, -0.2) is 0 Å². The van der Waals surface area contributed by atoms with Crippen LogP contribution < -0.4 is 11.5 Å². The summed E-state index contributed by atoms with van der Waals surface area (Å²) < 4.78 is 0. The van der Waals surface area contributed by atoms with E-state index in [2.05, 4.69) is 0 Å². The van der Waals surface area contributed by atoms with Gasteiger partial charge in [-0.1, -0.05) is 35.1 Å². The average Bonchev–Trinajstić information content (AvgIpc) is 1.25. The molecule has 0 amide bonds. The molecule has 0 aliphatic heterocycles. The molecule has 3 heteroatoms. The zero-order valence-electron chi connectivity index (χ0n) is 6.66. The van der Waals surface area contributed by atoms with Crippen molar-refractivity contribution in [2.45, 2.75) is 47.2 Å². The van der Waals surface area contributed by atoms with E-state index in [-0.39, 0.29) is 45.2 Å². The monoisotopic (exact) mass is 174 g/mol. The maximum Gasteiger partial charge on any atom is 0 e. The molecule has 0 radical (unpaired) electrons. The molecule has 4 N–H and O–H groups in total. The minimum absolute atomic E-state index is 0. The molecule has 0 aromatic carbocycles. The zero-order valence-corrected chi connectivity index (χ0v) is 7.37. The number of rotatable bonds is 0. The van der Waals surface area contributed by atoms with E-state index < -0.39 is 0 Å². The van der Waals surface area contributed by atoms with Crippen LogP contribution in [0.25, 0.3) is 0 Å². The van der Waals surface area contributed by atoms with E-state index in [9.17, 15) is 0 Å². The summed E-state index contributed by atoms with van der Waals surface area (Å²) in [7, 11) is 0. The van der Waals surface area contributed by atoms with Crippen molar-refractivity contribution in [3.05, 3.63) is 0 Å². The minimum atomic E-state index is 0. The summed E-state index contributed by atoms with van der Waals surface area (Å²) >= 11 is 0. The molecule has 0 aliphatic rings. The third-order valence-corrected chi connectivity index (χ3v) is 0. The Morgan fingerprint density at radius 2 is 0.800 bits per heavy atom. The summed E-state index contributed by atoms with van der Waals surface area (Å²) in [6.45, 7) is 7.78. The predicted octanol–water partition coefficient (Wildman–Crippen LogP) is 1.34. The molecule has 0 saturated heterocycles. The van der Waals surface area contributed by atoms with Crippen molar-refractivity contribution in [2.75, 3.05) is 0 Å². The number of nitrogens with two attached hydrogens (primary N) is 2. The van der Waals surface area contributed by atoms with Crippen molar-refractivity contribution in [2.24, 2.45) is 11.5 Å². The van der Waals surface area contributed by atoms with E-state index in [1.54, 1.807) is 0 Å². The third-order valence-electron chi connectivity index (χ3n) is 0. The fourth-order valence-electron chi connectivity index (χ4n) is 0. The van der Waals surface area contributed by atoms with Gasteiger partial charge < -0.3 is 11.5 Å². The van der Waals surface area contributed by atoms with Crippen molar-refractivity contribution >= 4 is 0 Å². The molecule has 0 aliphatic carbocycles. The molecule has 0 heterocycles. The van der Waals surface area contributed by atoms with Gasteiger partial charge in [0.15, 0.2) is 0 Å². The summed E-state index contributed by atoms with van der Waals surface area (Å²) in [4.78, 5) is 0. The van der Waals surface area contributed by atoms with E-state index in [1.807, 2.05) is 27.7 Å². The molecule has 0 fully saturated rings. The summed E-state index contributed by atoms with van der Waals surface area (Å²) in [5, 5.41) is 0. The largest absolute Gasteiger partial charge is 0.328 e. The van der Waals surface area contributed by atoms with E-state index >= 15 is 0 Å². The second-order valence-electron chi connectivity index (χ2n) is 2.49. The van der Waals surface area contributed by atoms with Crippen molar-refractivity contribution in [3.8, 4) is 0 Å². The summed E-state index contributed by atoms with van der Waals surface area (Å²) in [5.41, 5.74) is 10.2. The standard InChI is InChI=1S/2C3H9N.CH4.Ar/c2*1-3(2)4;;/h2*3H,4H2,1-2H3;1H4;. The Kier molecular flexibility index (Phi) is 37.4. The van der Waals surface area contributed by atoms with Gasteiger partial charge in [0.25, 0.3) is 0 Å². The van der Waals surface area contributed by atoms with E-state index in [0.717, 1.165) is 0 Å². The second-order valence-corrected chi connectivity index (χ2v) is 2.49. The molecule has 0 saturated carbocycles. The molecule has 0 atom stereocenters. The van der Waals surface area contributed by atoms with Crippen molar-refractivity contribution in [1.82, 2.24) is 0 Å². The average molecular weight is 174 g/mol. The first-order chi connectivity index (χ1) is 3.46. The molecule has 0 unspecified atom stereocenters. The van der Waals surface area contributed by atoms with Crippen LogP contribution in [-0.2, 0) is 0 Å². The molecule has 68 valence electrons. The Morgan fingerprint density at radius 1 is 0.800 bits per heavy atom. The van der Waals surface area contributed by atoms with E-state index in [0.29, 0.717) is 12.1 Å². The van der Waals surface area contributed by atoms with Crippen molar-refractivity contribution in [1.29, 1.82) is 0 Å². The Morgan fingerprint density at radius 3 is 0.800 bits per heavy atom. The fourth-order valence-corrected chi connectivity index (χ4v) is 0. The molecule has 0 rings (SSSR count). The molecule has 0 bridgehead atoms. The second kappa shape index (κ2) is 16.6. The maximum absolute atomic E-state index is 5.11. The third kappa shape index (κ3) is 441. The SMILES string of the molecule is C.CC(C)N.CC(C)N.[Ar]. The van der Waals surface area contributed by atoms with Crippen LogP contribution in [-0.4, -0.2) is 12.1 Å². The zero-order chi connectivity index (χ0) is 7.15. The van der Waals surface area contributed by atoms with Gasteiger partial charge in [-0.3, -0.25) is 0 Å². The van der Waals surface area contributed by atoms with E-state index in [4.69, 9.17) is 11.5 Å². The van der Waals surface area contributed by atoms with Gasteiger partial charge in [0, 0.05) is 37.7 Å². The van der Waals surface area contributed by atoms with E-state index in [1.165, 1.54) is 0 Å². The van der Waals surface area contributed by atoms with Gasteiger partial charge in [0.05, 0.1) is 0 Å². The Balaban J connectivity index is -0.0000000300. The van der Waals surface area contributed by atoms with Crippen LogP contribution in [0.3, 0.4) is 0 Å². The molecular weight excluding hydrogens is 152 g/mol.